The highest BCUT2D eigenvalue weighted by Gasteiger charge is 2.16. The first-order valence-electron chi connectivity index (χ1n) is 9.81. The Morgan fingerprint density at radius 2 is 1.79 bits per heavy atom. The van der Waals surface area contributed by atoms with E-state index in [1.807, 2.05) is 24.3 Å². The second kappa shape index (κ2) is 8.40. The van der Waals surface area contributed by atoms with E-state index in [4.69, 9.17) is 9.72 Å². The largest absolute Gasteiger partial charge is 0.376 e. The fourth-order valence-corrected chi connectivity index (χ4v) is 3.55. The highest BCUT2D eigenvalue weighted by molar-refractivity contribution is 5.67. The quantitative estimate of drug-likeness (QED) is 0.629. The number of aryl methyl sites for hydroxylation is 2. The Hall–Kier alpha value is -2.92. The van der Waals surface area contributed by atoms with E-state index >= 15 is 0 Å². The molecule has 1 aliphatic rings. The molecule has 1 aliphatic heterocycles. The van der Waals surface area contributed by atoms with Crippen molar-refractivity contribution in [1.82, 2.24) is 9.97 Å². The molecule has 0 amide bonds. The van der Waals surface area contributed by atoms with Crippen molar-refractivity contribution in [3.8, 4) is 11.3 Å². The summed E-state index contributed by atoms with van der Waals surface area (Å²) in [4.78, 5) is 9.41. The third kappa shape index (κ3) is 4.67. The summed E-state index contributed by atoms with van der Waals surface area (Å²) in [7, 11) is 0. The number of nitrogens with one attached hydrogen (secondary N) is 2. The number of anilines is 3. The number of rotatable bonds is 6. The van der Waals surface area contributed by atoms with Crippen LogP contribution in [0.5, 0.6) is 0 Å². The molecule has 0 radical (unpaired) electrons. The van der Waals surface area contributed by atoms with Gasteiger partial charge in [0.05, 0.1) is 11.8 Å². The lowest BCUT2D eigenvalue weighted by Gasteiger charge is -2.14. The summed E-state index contributed by atoms with van der Waals surface area (Å²) in [6.45, 7) is 5.77. The number of nitrogens with zero attached hydrogens (tertiary/aromatic N) is 2. The highest BCUT2D eigenvalue weighted by atomic mass is 16.5. The Kier molecular flexibility index (Phi) is 5.53. The van der Waals surface area contributed by atoms with Crippen molar-refractivity contribution in [2.45, 2.75) is 32.8 Å². The molecule has 0 bridgehead atoms. The molecule has 4 rings (SSSR count). The first kappa shape index (κ1) is 18.4. The Balaban J connectivity index is 1.62. The van der Waals surface area contributed by atoms with Crippen molar-refractivity contribution in [3.63, 3.8) is 0 Å². The smallest absolute Gasteiger partial charge is 0.225 e. The van der Waals surface area contributed by atoms with Gasteiger partial charge in [0.2, 0.25) is 5.95 Å². The molecule has 2 aromatic carbocycles. The van der Waals surface area contributed by atoms with Crippen LogP contribution in [0.1, 0.15) is 24.0 Å². The standard InChI is InChI=1S/C23H26N4O/c1-16-11-17(2)13-19(12-16)25-22-14-21(18-7-4-3-5-8-18)26-23(27-22)24-15-20-9-6-10-28-20/h3-5,7-8,11-14,20H,6,9-10,15H2,1-2H3,(H2,24,25,26,27). The van der Waals surface area contributed by atoms with Crippen LogP contribution >= 0.6 is 0 Å². The Labute approximate surface area is 166 Å². The normalized spacial score (nSPS) is 16.1. The van der Waals surface area contributed by atoms with Gasteiger partial charge in [-0.05, 0) is 49.9 Å². The molecule has 1 fully saturated rings. The minimum atomic E-state index is 0.236. The highest BCUT2D eigenvalue weighted by Crippen LogP contribution is 2.25. The summed E-state index contributed by atoms with van der Waals surface area (Å²) < 4.78 is 5.71. The molecular weight excluding hydrogens is 348 g/mol. The van der Waals surface area contributed by atoms with Crippen LogP contribution in [-0.4, -0.2) is 29.2 Å². The molecule has 0 saturated carbocycles. The summed E-state index contributed by atoms with van der Waals surface area (Å²) in [5.74, 6) is 1.39. The van der Waals surface area contributed by atoms with Crippen LogP contribution < -0.4 is 10.6 Å². The van der Waals surface area contributed by atoms with E-state index < -0.39 is 0 Å². The van der Waals surface area contributed by atoms with Gasteiger partial charge < -0.3 is 15.4 Å². The van der Waals surface area contributed by atoms with Gasteiger partial charge in [-0.3, -0.25) is 0 Å². The van der Waals surface area contributed by atoms with Gasteiger partial charge in [-0.25, -0.2) is 4.98 Å². The van der Waals surface area contributed by atoms with E-state index in [0.717, 1.165) is 48.8 Å². The molecule has 5 nitrogen and oxygen atoms in total. The molecule has 0 aliphatic carbocycles. The molecular formula is C23H26N4O. The van der Waals surface area contributed by atoms with E-state index in [1.165, 1.54) is 11.1 Å². The summed E-state index contributed by atoms with van der Waals surface area (Å²) in [6, 6.07) is 18.6. The van der Waals surface area contributed by atoms with Gasteiger partial charge in [0, 0.05) is 30.5 Å². The Morgan fingerprint density at radius 1 is 1.00 bits per heavy atom. The van der Waals surface area contributed by atoms with Crippen LogP contribution in [0.15, 0.2) is 54.6 Å². The van der Waals surface area contributed by atoms with Crippen LogP contribution in [-0.2, 0) is 4.74 Å². The lowest BCUT2D eigenvalue weighted by atomic mass is 10.1. The third-order valence-corrected chi connectivity index (χ3v) is 4.80. The van der Waals surface area contributed by atoms with Gasteiger partial charge in [0.15, 0.2) is 0 Å². The molecule has 2 N–H and O–H groups in total. The summed E-state index contributed by atoms with van der Waals surface area (Å²) in [6.07, 6.45) is 2.44. The SMILES string of the molecule is Cc1cc(C)cc(Nc2cc(-c3ccccc3)nc(NCC3CCCO3)n2)c1. The maximum absolute atomic E-state index is 5.71. The van der Waals surface area contributed by atoms with Gasteiger partial charge in [-0.15, -0.1) is 0 Å². The summed E-state index contributed by atoms with van der Waals surface area (Å²) >= 11 is 0. The van der Waals surface area contributed by atoms with Gasteiger partial charge in [0.25, 0.3) is 0 Å². The molecule has 0 spiro atoms. The predicted octanol–water partition coefficient (Wildman–Crippen LogP) is 5.09. The minimum Gasteiger partial charge on any atom is -0.376 e. The molecule has 1 aromatic heterocycles. The Bertz CT molecular complexity index is 916. The number of benzene rings is 2. The van der Waals surface area contributed by atoms with Gasteiger partial charge in [0.1, 0.15) is 5.82 Å². The topological polar surface area (TPSA) is 59.1 Å². The van der Waals surface area contributed by atoms with Crippen LogP contribution in [0.3, 0.4) is 0 Å². The molecule has 1 unspecified atom stereocenters. The molecule has 1 saturated heterocycles. The average Bonchev–Trinajstić information content (AvgIpc) is 3.20. The van der Waals surface area contributed by atoms with Gasteiger partial charge in [-0.2, -0.15) is 4.98 Å². The maximum Gasteiger partial charge on any atom is 0.225 e. The van der Waals surface area contributed by atoms with Crippen molar-refractivity contribution in [2.75, 3.05) is 23.8 Å². The van der Waals surface area contributed by atoms with Gasteiger partial charge >= 0.3 is 0 Å². The van der Waals surface area contributed by atoms with Crippen LogP contribution in [0.25, 0.3) is 11.3 Å². The Morgan fingerprint density at radius 3 is 2.50 bits per heavy atom. The number of ether oxygens (including phenoxy) is 1. The number of hydrogen-bond donors (Lipinski definition) is 2. The molecule has 1 atom stereocenters. The number of aromatic nitrogens is 2. The molecule has 2 heterocycles. The fraction of sp³-hybridized carbons (Fsp3) is 0.304. The summed E-state index contributed by atoms with van der Waals surface area (Å²) in [5.41, 5.74) is 5.42. The van der Waals surface area contributed by atoms with Crippen molar-refractivity contribution >= 4 is 17.5 Å². The zero-order valence-corrected chi connectivity index (χ0v) is 16.4. The molecule has 28 heavy (non-hydrogen) atoms. The fourth-order valence-electron chi connectivity index (χ4n) is 3.55. The zero-order valence-electron chi connectivity index (χ0n) is 16.4. The van der Waals surface area contributed by atoms with Crippen LogP contribution in [0.2, 0.25) is 0 Å². The lowest BCUT2D eigenvalue weighted by molar-refractivity contribution is 0.120. The van der Waals surface area contributed by atoms with E-state index in [9.17, 15) is 0 Å². The molecule has 3 aromatic rings. The minimum absolute atomic E-state index is 0.236. The van der Waals surface area contributed by atoms with Crippen molar-refractivity contribution in [2.24, 2.45) is 0 Å². The van der Waals surface area contributed by atoms with Crippen LogP contribution in [0, 0.1) is 13.8 Å². The first-order chi connectivity index (χ1) is 13.7. The second-order valence-electron chi connectivity index (χ2n) is 7.35. The second-order valence-corrected chi connectivity index (χ2v) is 7.35. The van der Waals surface area contributed by atoms with Crippen molar-refractivity contribution < 1.29 is 4.74 Å². The van der Waals surface area contributed by atoms with Crippen molar-refractivity contribution in [1.29, 1.82) is 0 Å². The van der Waals surface area contributed by atoms with E-state index in [-0.39, 0.29) is 6.10 Å². The lowest BCUT2D eigenvalue weighted by Crippen LogP contribution is -2.20. The van der Waals surface area contributed by atoms with E-state index in [1.54, 1.807) is 0 Å². The van der Waals surface area contributed by atoms with Gasteiger partial charge in [-0.1, -0.05) is 36.4 Å². The first-order valence-corrected chi connectivity index (χ1v) is 9.81. The van der Waals surface area contributed by atoms with Crippen molar-refractivity contribution in [3.05, 3.63) is 65.7 Å². The maximum atomic E-state index is 5.71. The number of hydrogen-bond acceptors (Lipinski definition) is 5. The third-order valence-electron chi connectivity index (χ3n) is 4.80. The average molecular weight is 374 g/mol. The molecule has 5 heteroatoms. The predicted molar refractivity (Wildman–Crippen MR) is 114 cm³/mol. The van der Waals surface area contributed by atoms with Crippen LogP contribution in [0.4, 0.5) is 17.5 Å². The van der Waals surface area contributed by atoms with E-state index in [0.29, 0.717) is 5.95 Å². The molecule has 144 valence electrons. The zero-order chi connectivity index (χ0) is 19.3. The summed E-state index contributed by atoms with van der Waals surface area (Å²) in [5, 5.41) is 6.80. The van der Waals surface area contributed by atoms with E-state index in [2.05, 4.69) is 59.8 Å². The monoisotopic (exact) mass is 374 g/mol.